The minimum atomic E-state index is -4.84. The first-order valence-electron chi connectivity index (χ1n) is 13.7. The molecule has 3 aromatic carbocycles. The SMILES string of the molecule is CC1(C)OC(=O)C(=c2cc(Oc3cccc(C(F)(F)F)c3)c(=C3C(=O)OC(C)(C)OC3=O)c(Oc3cccc(C(F)(F)F)c3)c2)C(=O)O1. The highest BCUT2D eigenvalue weighted by Crippen LogP contribution is 2.35. The minimum Gasteiger partial charge on any atom is -0.457 e. The maximum Gasteiger partial charge on any atom is 0.416 e. The van der Waals surface area contributed by atoms with Crippen LogP contribution in [-0.2, 0) is 50.5 Å². The molecule has 0 aliphatic carbocycles. The Balaban J connectivity index is 1.87. The topological polar surface area (TPSA) is 124 Å². The van der Waals surface area contributed by atoms with E-state index in [1.165, 1.54) is 27.7 Å². The van der Waals surface area contributed by atoms with Gasteiger partial charge in [0.25, 0.3) is 11.6 Å². The van der Waals surface area contributed by atoms with E-state index in [4.69, 9.17) is 28.4 Å². The standard InChI is InChI=1S/C32H22F6O10/c1-29(2)45-25(39)22(26(40)46-29)15-11-20(43-18-9-5-7-16(13-18)31(33,34)35)23(24-27(41)47-30(3,4)48-28(24)42)21(12-15)44-19-10-6-8-17(14-19)32(36,37)38/h5-14H,1-4H3. The van der Waals surface area contributed by atoms with Crippen LogP contribution in [0.3, 0.4) is 0 Å². The molecule has 0 spiro atoms. The number of halogens is 6. The summed E-state index contributed by atoms with van der Waals surface area (Å²) in [7, 11) is 0. The third-order valence-electron chi connectivity index (χ3n) is 6.55. The minimum absolute atomic E-state index is 0.438. The predicted molar refractivity (Wildman–Crippen MR) is 148 cm³/mol. The van der Waals surface area contributed by atoms with Gasteiger partial charge in [-0.1, -0.05) is 12.1 Å². The third-order valence-corrected chi connectivity index (χ3v) is 6.55. The van der Waals surface area contributed by atoms with Gasteiger partial charge in [0.2, 0.25) is 0 Å². The van der Waals surface area contributed by atoms with Crippen molar-refractivity contribution in [3.05, 3.63) is 82.2 Å². The van der Waals surface area contributed by atoms with Crippen molar-refractivity contribution in [2.24, 2.45) is 0 Å². The lowest BCUT2D eigenvalue weighted by Gasteiger charge is -2.30. The van der Waals surface area contributed by atoms with Crippen molar-refractivity contribution in [3.8, 4) is 23.0 Å². The Morgan fingerprint density at radius 1 is 0.542 bits per heavy atom. The van der Waals surface area contributed by atoms with Gasteiger partial charge < -0.3 is 28.4 Å². The van der Waals surface area contributed by atoms with E-state index in [1.807, 2.05) is 0 Å². The van der Waals surface area contributed by atoms with Crippen LogP contribution in [0, 0.1) is 0 Å². The molecule has 48 heavy (non-hydrogen) atoms. The van der Waals surface area contributed by atoms with E-state index in [9.17, 15) is 45.5 Å². The number of ether oxygens (including phenoxy) is 6. The zero-order valence-corrected chi connectivity index (χ0v) is 25.1. The number of esters is 4. The fraction of sp³-hybridized carbons (Fsp3) is 0.250. The molecule has 0 unspecified atom stereocenters. The summed E-state index contributed by atoms with van der Waals surface area (Å²) in [6.07, 6.45) is -9.67. The van der Waals surface area contributed by atoms with E-state index >= 15 is 0 Å². The van der Waals surface area contributed by atoms with E-state index < -0.39 is 104 Å². The second-order valence-corrected chi connectivity index (χ2v) is 11.2. The summed E-state index contributed by atoms with van der Waals surface area (Å²) < 4.78 is 113. The quantitative estimate of drug-likeness (QED) is 0.266. The Morgan fingerprint density at radius 3 is 1.25 bits per heavy atom. The number of carbonyl (C=O) groups is 4. The predicted octanol–water partition coefficient (Wildman–Crippen LogP) is 5.28. The van der Waals surface area contributed by atoms with Gasteiger partial charge in [-0.05, 0) is 48.5 Å². The molecule has 0 bridgehead atoms. The van der Waals surface area contributed by atoms with Crippen molar-refractivity contribution in [1.29, 1.82) is 0 Å². The van der Waals surface area contributed by atoms with Crippen LogP contribution in [0.4, 0.5) is 26.3 Å². The highest BCUT2D eigenvalue weighted by Gasteiger charge is 2.42. The Hall–Kier alpha value is -5.54. The van der Waals surface area contributed by atoms with Gasteiger partial charge in [-0.2, -0.15) is 26.3 Å². The van der Waals surface area contributed by atoms with Crippen molar-refractivity contribution >= 4 is 35.0 Å². The molecule has 16 heteroatoms. The third kappa shape index (κ3) is 7.06. The van der Waals surface area contributed by atoms with Crippen molar-refractivity contribution in [2.45, 2.75) is 51.6 Å². The maximum absolute atomic E-state index is 13.5. The first-order valence-corrected chi connectivity index (χ1v) is 13.7. The van der Waals surface area contributed by atoms with Gasteiger partial charge in [0, 0.05) is 32.9 Å². The smallest absolute Gasteiger partial charge is 0.416 e. The van der Waals surface area contributed by atoms with Crippen LogP contribution in [0.5, 0.6) is 23.0 Å². The van der Waals surface area contributed by atoms with Gasteiger partial charge in [-0.3, -0.25) is 0 Å². The Bertz CT molecular complexity index is 1860. The van der Waals surface area contributed by atoms with Gasteiger partial charge in [-0.15, -0.1) is 0 Å². The molecule has 252 valence electrons. The molecule has 0 N–H and O–H groups in total. The van der Waals surface area contributed by atoms with Crippen LogP contribution in [0.25, 0.3) is 11.1 Å². The van der Waals surface area contributed by atoms with Gasteiger partial charge in [0.05, 0.1) is 16.3 Å². The summed E-state index contributed by atoms with van der Waals surface area (Å²) in [6.45, 7) is 4.96. The molecular formula is C32H22F6O10. The number of hydrogen-bond donors (Lipinski definition) is 0. The van der Waals surface area contributed by atoms with Gasteiger partial charge in [-0.25, -0.2) is 19.2 Å². The zero-order valence-electron chi connectivity index (χ0n) is 25.1. The normalized spacial score (nSPS) is 17.6. The summed E-state index contributed by atoms with van der Waals surface area (Å²) in [4.78, 5) is 52.5. The average molecular weight is 681 g/mol. The molecule has 2 aliphatic rings. The Kier molecular flexibility index (Phi) is 8.18. The van der Waals surface area contributed by atoms with Crippen LogP contribution in [0.15, 0.2) is 60.7 Å². The van der Waals surface area contributed by atoms with Gasteiger partial charge in [0.15, 0.2) is 11.1 Å². The summed E-state index contributed by atoms with van der Waals surface area (Å²) >= 11 is 0. The molecule has 0 aromatic heterocycles. The largest absolute Gasteiger partial charge is 0.457 e. The summed E-state index contributed by atoms with van der Waals surface area (Å²) in [5, 5.41) is -1.11. The highest BCUT2D eigenvalue weighted by atomic mass is 19.4. The van der Waals surface area contributed by atoms with Crippen LogP contribution < -0.4 is 19.9 Å². The van der Waals surface area contributed by atoms with Crippen molar-refractivity contribution < 1.29 is 73.9 Å². The lowest BCUT2D eigenvalue weighted by atomic mass is 10.0. The van der Waals surface area contributed by atoms with Crippen LogP contribution in [-0.4, -0.2) is 35.5 Å². The lowest BCUT2D eigenvalue weighted by molar-refractivity contribution is -0.219. The van der Waals surface area contributed by atoms with Crippen molar-refractivity contribution in [2.75, 3.05) is 0 Å². The molecular weight excluding hydrogens is 658 g/mol. The van der Waals surface area contributed by atoms with E-state index in [0.717, 1.165) is 48.5 Å². The molecule has 0 amide bonds. The second kappa shape index (κ2) is 11.6. The van der Waals surface area contributed by atoms with Gasteiger partial charge >= 0.3 is 36.2 Å². The molecule has 0 atom stereocenters. The number of alkyl halides is 6. The molecule has 5 rings (SSSR count). The lowest BCUT2D eigenvalue weighted by Crippen LogP contribution is -2.44. The molecule has 2 fully saturated rings. The molecule has 10 nitrogen and oxygen atoms in total. The fourth-order valence-electron chi connectivity index (χ4n) is 4.61. The van der Waals surface area contributed by atoms with E-state index in [2.05, 4.69) is 0 Å². The highest BCUT2D eigenvalue weighted by molar-refractivity contribution is 6.38. The first kappa shape index (κ1) is 33.8. The number of rotatable bonds is 4. The number of cyclic esters (lactones) is 4. The molecule has 0 radical (unpaired) electrons. The number of hydrogen-bond acceptors (Lipinski definition) is 10. The van der Waals surface area contributed by atoms with Crippen LogP contribution in [0.2, 0.25) is 0 Å². The van der Waals surface area contributed by atoms with E-state index in [-0.39, 0.29) is 0 Å². The Morgan fingerprint density at radius 2 is 0.896 bits per heavy atom. The monoisotopic (exact) mass is 680 g/mol. The second-order valence-electron chi connectivity index (χ2n) is 11.2. The molecule has 2 saturated heterocycles. The molecule has 2 aliphatic heterocycles. The summed E-state index contributed by atoms with van der Waals surface area (Å²) in [5.74, 6) is -11.0. The average Bonchev–Trinajstić information content (AvgIpc) is 2.92. The number of benzene rings is 3. The van der Waals surface area contributed by atoms with E-state index in [0.29, 0.717) is 12.1 Å². The fourth-order valence-corrected chi connectivity index (χ4v) is 4.61. The number of carbonyl (C=O) groups excluding carboxylic acids is 4. The van der Waals surface area contributed by atoms with Crippen molar-refractivity contribution in [3.63, 3.8) is 0 Å². The summed E-state index contributed by atoms with van der Waals surface area (Å²) in [5.41, 5.74) is -4.06. The molecule has 0 saturated carbocycles. The van der Waals surface area contributed by atoms with E-state index in [1.54, 1.807) is 0 Å². The zero-order chi connectivity index (χ0) is 35.4. The van der Waals surface area contributed by atoms with Crippen molar-refractivity contribution in [1.82, 2.24) is 0 Å². The van der Waals surface area contributed by atoms with Gasteiger partial charge in [0.1, 0.15) is 23.0 Å². The molecule has 3 aromatic rings. The maximum atomic E-state index is 13.5. The summed E-state index contributed by atoms with van der Waals surface area (Å²) in [6, 6.07) is 8.46. The first-order chi connectivity index (χ1) is 22.1. The van der Waals surface area contributed by atoms with Crippen LogP contribution in [0.1, 0.15) is 38.8 Å². The molecule has 2 heterocycles. The Labute approximate surface area is 266 Å². The van der Waals surface area contributed by atoms with Crippen LogP contribution >= 0.6 is 0 Å².